The summed E-state index contributed by atoms with van der Waals surface area (Å²) >= 11 is 4.84. The second-order valence-electron chi connectivity index (χ2n) is 4.10. The molecule has 0 spiro atoms. The molecule has 0 aliphatic carbocycles. The molecule has 1 aromatic heterocycles. The molecule has 2 N–H and O–H groups in total. The van der Waals surface area contributed by atoms with Crippen LogP contribution in [0.4, 0.5) is 0 Å². The lowest BCUT2D eigenvalue weighted by molar-refractivity contribution is 0.924. The van der Waals surface area contributed by atoms with Gasteiger partial charge < -0.3 is 10.3 Å². The molecular formula is C15H13N3S. The Balaban J connectivity index is 2.45. The summed E-state index contributed by atoms with van der Waals surface area (Å²) in [5.41, 5.74) is 8.90. The summed E-state index contributed by atoms with van der Waals surface area (Å²) in [6.07, 6.45) is 1.70. The van der Waals surface area contributed by atoms with E-state index in [0.29, 0.717) is 5.57 Å². The molecule has 19 heavy (non-hydrogen) atoms. The van der Waals surface area contributed by atoms with Crippen molar-refractivity contribution in [2.45, 2.75) is 0 Å². The van der Waals surface area contributed by atoms with E-state index in [1.807, 2.05) is 60.1 Å². The van der Waals surface area contributed by atoms with E-state index >= 15 is 0 Å². The zero-order valence-electron chi connectivity index (χ0n) is 10.5. The van der Waals surface area contributed by atoms with Crippen LogP contribution in [0.5, 0.6) is 0 Å². The van der Waals surface area contributed by atoms with Gasteiger partial charge in [0.1, 0.15) is 11.1 Å². The van der Waals surface area contributed by atoms with Crippen LogP contribution in [-0.2, 0) is 7.05 Å². The first kappa shape index (κ1) is 13.1. The van der Waals surface area contributed by atoms with Crippen LogP contribution in [-0.4, -0.2) is 9.56 Å². The lowest BCUT2D eigenvalue weighted by atomic mass is 10.2. The van der Waals surface area contributed by atoms with Gasteiger partial charge in [0.2, 0.25) is 0 Å². The van der Waals surface area contributed by atoms with Gasteiger partial charge in [-0.05, 0) is 23.8 Å². The van der Waals surface area contributed by atoms with Crippen LogP contribution in [0.25, 0.3) is 17.3 Å². The fourth-order valence-electron chi connectivity index (χ4n) is 1.88. The Kier molecular flexibility index (Phi) is 3.79. The number of benzene rings is 1. The fraction of sp³-hybridized carbons (Fsp3) is 0.0667. The van der Waals surface area contributed by atoms with E-state index in [9.17, 15) is 0 Å². The van der Waals surface area contributed by atoms with Crippen LogP contribution >= 0.6 is 12.2 Å². The van der Waals surface area contributed by atoms with Gasteiger partial charge in [-0.3, -0.25) is 0 Å². The van der Waals surface area contributed by atoms with Crippen molar-refractivity contribution in [1.82, 2.24) is 4.57 Å². The summed E-state index contributed by atoms with van der Waals surface area (Å²) in [5, 5.41) is 8.98. The first-order chi connectivity index (χ1) is 9.13. The Morgan fingerprint density at radius 3 is 2.53 bits per heavy atom. The molecule has 1 aromatic carbocycles. The van der Waals surface area contributed by atoms with Gasteiger partial charge in [-0.1, -0.05) is 42.5 Å². The highest BCUT2D eigenvalue weighted by atomic mass is 32.1. The molecule has 0 radical (unpaired) electrons. The van der Waals surface area contributed by atoms with Gasteiger partial charge in [0.15, 0.2) is 0 Å². The molecule has 0 aliphatic heterocycles. The summed E-state index contributed by atoms with van der Waals surface area (Å²) < 4.78 is 2.00. The number of aromatic nitrogens is 1. The predicted molar refractivity (Wildman–Crippen MR) is 81.2 cm³/mol. The normalized spacial score (nSPS) is 11.1. The monoisotopic (exact) mass is 267 g/mol. The zero-order valence-corrected chi connectivity index (χ0v) is 11.3. The number of thiocarbonyl (C=S) groups is 1. The maximum Gasteiger partial charge on any atom is 0.114 e. The van der Waals surface area contributed by atoms with Gasteiger partial charge in [0.25, 0.3) is 0 Å². The Morgan fingerprint density at radius 1 is 1.26 bits per heavy atom. The average Bonchev–Trinajstić information content (AvgIpc) is 2.78. The van der Waals surface area contributed by atoms with E-state index in [-0.39, 0.29) is 4.99 Å². The van der Waals surface area contributed by atoms with Crippen molar-refractivity contribution >= 4 is 23.3 Å². The molecule has 0 atom stereocenters. The second-order valence-corrected chi connectivity index (χ2v) is 4.54. The van der Waals surface area contributed by atoms with Gasteiger partial charge in [-0.25, -0.2) is 0 Å². The first-order valence-corrected chi connectivity index (χ1v) is 6.17. The minimum Gasteiger partial charge on any atom is -0.389 e. The van der Waals surface area contributed by atoms with Crippen LogP contribution in [0.15, 0.2) is 48.0 Å². The van der Waals surface area contributed by atoms with E-state index in [1.54, 1.807) is 6.08 Å². The Labute approximate surface area is 117 Å². The standard InChI is InChI=1S/C15H13N3S/c1-18-13(9-12(10-16)15(17)19)7-8-14(18)11-5-3-2-4-6-11/h2-9H,1H3,(H2,17,19)/b12-9+. The number of nitrogens with two attached hydrogens (primary N) is 1. The number of rotatable bonds is 3. The SMILES string of the molecule is Cn1c(/C=C(\C#N)C(N)=S)ccc1-c1ccccc1. The maximum absolute atomic E-state index is 8.98. The predicted octanol–water partition coefficient (Wildman–Crippen LogP) is 2.89. The van der Waals surface area contributed by atoms with Gasteiger partial charge in [0, 0.05) is 18.4 Å². The van der Waals surface area contributed by atoms with Crippen LogP contribution in [0, 0.1) is 11.3 Å². The second kappa shape index (κ2) is 5.51. The summed E-state index contributed by atoms with van der Waals surface area (Å²) in [7, 11) is 1.95. The summed E-state index contributed by atoms with van der Waals surface area (Å²) in [5.74, 6) is 0. The molecule has 0 amide bonds. The molecule has 94 valence electrons. The molecule has 4 heteroatoms. The topological polar surface area (TPSA) is 54.7 Å². The van der Waals surface area contributed by atoms with E-state index < -0.39 is 0 Å². The Bertz CT molecular complexity index is 675. The molecule has 1 heterocycles. The molecule has 0 unspecified atom stereocenters. The maximum atomic E-state index is 8.98. The smallest absolute Gasteiger partial charge is 0.114 e. The van der Waals surface area contributed by atoms with Gasteiger partial charge in [-0.2, -0.15) is 5.26 Å². The summed E-state index contributed by atoms with van der Waals surface area (Å²) in [6, 6.07) is 16.0. The van der Waals surface area contributed by atoms with Crippen molar-refractivity contribution in [3.63, 3.8) is 0 Å². The third kappa shape index (κ3) is 2.72. The first-order valence-electron chi connectivity index (χ1n) is 5.76. The molecule has 0 fully saturated rings. The summed E-state index contributed by atoms with van der Waals surface area (Å²) in [4.78, 5) is 0.116. The zero-order chi connectivity index (χ0) is 13.8. The quantitative estimate of drug-likeness (QED) is 0.528. The minimum atomic E-state index is 0.116. The number of hydrogen-bond donors (Lipinski definition) is 1. The molecule has 2 rings (SSSR count). The number of hydrogen-bond acceptors (Lipinski definition) is 2. The van der Waals surface area contributed by atoms with Crippen LogP contribution < -0.4 is 5.73 Å². The van der Waals surface area contributed by atoms with Crippen LogP contribution in [0.3, 0.4) is 0 Å². The molecule has 3 nitrogen and oxygen atoms in total. The van der Waals surface area contributed by atoms with E-state index in [4.69, 9.17) is 23.2 Å². The van der Waals surface area contributed by atoms with Crippen molar-refractivity contribution in [2.75, 3.05) is 0 Å². The van der Waals surface area contributed by atoms with Crippen LogP contribution in [0.1, 0.15) is 5.69 Å². The van der Waals surface area contributed by atoms with Gasteiger partial charge >= 0.3 is 0 Å². The van der Waals surface area contributed by atoms with Crippen LogP contribution in [0.2, 0.25) is 0 Å². The fourth-order valence-corrected chi connectivity index (χ4v) is 1.98. The average molecular weight is 267 g/mol. The number of nitriles is 1. The lowest BCUT2D eigenvalue weighted by Crippen LogP contribution is -2.10. The van der Waals surface area contributed by atoms with Crippen molar-refractivity contribution in [3.8, 4) is 17.3 Å². The Hall–Kier alpha value is -2.38. The highest BCUT2D eigenvalue weighted by Gasteiger charge is 2.07. The van der Waals surface area contributed by atoms with Gasteiger partial charge in [-0.15, -0.1) is 0 Å². The Morgan fingerprint density at radius 2 is 1.95 bits per heavy atom. The van der Waals surface area contributed by atoms with E-state index in [1.165, 1.54) is 0 Å². The van der Waals surface area contributed by atoms with Crippen molar-refractivity contribution < 1.29 is 0 Å². The molecular weight excluding hydrogens is 254 g/mol. The van der Waals surface area contributed by atoms with E-state index in [2.05, 4.69) is 0 Å². The van der Waals surface area contributed by atoms with Crippen molar-refractivity contribution in [1.29, 1.82) is 5.26 Å². The molecule has 0 saturated heterocycles. The highest BCUT2D eigenvalue weighted by molar-refractivity contribution is 7.80. The lowest BCUT2D eigenvalue weighted by Gasteiger charge is -2.05. The third-order valence-corrected chi connectivity index (χ3v) is 3.13. The number of nitrogens with zero attached hydrogens (tertiary/aromatic N) is 2. The largest absolute Gasteiger partial charge is 0.389 e. The summed E-state index contributed by atoms with van der Waals surface area (Å²) in [6.45, 7) is 0. The molecule has 2 aromatic rings. The van der Waals surface area contributed by atoms with Gasteiger partial charge in [0.05, 0.1) is 5.57 Å². The third-order valence-electron chi connectivity index (χ3n) is 2.91. The molecule has 0 bridgehead atoms. The van der Waals surface area contributed by atoms with E-state index in [0.717, 1.165) is 17.0 Å². The minimum absolute atomic E-state index is 0.116. The van der Waals surface area contributed by atoms with Crippen molar-refractivity contribution in [3.05, 3.63) is 53.7 Å². The molecule has 0 aliphatic rings. The highest BCUT2D eigenvalue weighted by Crippen LogP contribution is 2.22. The van der Waals surface area contributed by atoms with Crippen molar-refractivity contribution in [2.24, 2.45) is 12.8 Å². The molecule has 0 saturated carbocycles.